The monoisotopic (exact) mass is 349 g/mol. The van der Waals surface area contributed by atoms with Crippen LogP contribution < -0.4 is 10.6 Å². The van der Waals surface area contributed by atoms with Gasteiger partial charge in [-0.3, -0.25) is 9.48 Å². The first-order chi connectivity index (χ1) is 11.4. The summed E-state index contributed by atoms with van der Waals surface area (Å²) in [6.07, 6.45) is 1.48. The van der Waals surface area contributed by atoms with Gasteiger partial charge in [0.2, 0.25) is 5.91 Å². The van der Waals surface area contributed by atoms with Crippen molar-refractivity contribution in [2.24, 2.45) is 12.8 Å². The minimum absolute atomic E-state index is 0.196. The standard InChI is InChI=1S/C15H19N5O3S/c1-18-14(6-7-17-18)24(22,23)20-10-8-19(9-11-20)13-4-2-12(3-5-13)15(16)21/h2-7H,8-11H2,1H3,(H2,16,21). The van der Waals surface area contributed by atoms with Gasteiger partial charge in [0.25, 0.3) is 10.0 Å². The van der Waals surface area contributed by atoms with Gasteiger partial charge in [0.05, 0.1) is 6.20 Å². The summed E-state index contributed by atoms with van der Waals surface area (Å²) in [7, 11) is -1.91. The average molecular weight is 349 g/mol. The number of carbonyl (C=O) groups is 1. The van der Waals surface area contributed by atoms with E-state index in [1.54, 1.807) is 19.2 Å². The Balaban J connectivity index is 1.70. The molecule has 0 spiro atoms. The van der Waals surface area contributed by atoms with Crippen molar-refractivity contribution < 1.29 is 13.2 Å². The molecule has 0 atom stereocenters. The molecule has 2 N–H and O–H groups in total. The van der Waals surface area contributed by atoms with Crippen molar-refractivity contribution in [1.29, 1.82) is 0 Å². The van der Waals surface area contributed by atoms with Gasteiger partial charge in [-0.15, -0.1) is 0 Å². The van der Waals surface area contributed by atoms with Crippen LogP contribution in [0.1, 0.15) is 10.4 Å². The predicted octanol–water partition coefficient (Wildman–Crippen LogP) is 0.0299. The molecule has 128 valence electrons. The van der Waals surface area contributed by atoms with Crippen molar-refractivity contribution in [1.82, 2.24) is 14.1 Å². The molecule has 0 unspecified atom stereocenters. The Morgan fingerprint density at radius 2 is 1.71 bits per heavy atom. The summed E-state index contributed by atoms with van der Waals surface area (Å²) in [4.78, 5) is 13.2. The number of aromatic nitrogens is 2. The first-order valence-corrected chi connectivity index (χ1v) is 8.96. The first-order valence-electron chi connectivity index (χ1n) is 7.52. The van der Waals surface area contributed by atoms with Crippen molar-refractivity contribution >= 4 is 21.6 Å². The predicted molar refractivity (Wildman–Crippen MR) is 89.1 cm³/mol. The van der Waals surface area contributed by atoms with Gasteiger partial charge in [-0.2, -0.15) is 9.40 Å². The molecule has 1 aromatic carbocycles. The maximum atomic E-state index is 12.6. The van der Waals surface area contributed by atoms with E-state index in [0.717, 1.165) is 5.69 Å². The second-order valence-electron chi connectivity index (χ2n) is 5.60. The zero-order valence-electron chi connectivity index (χ0n) is 13.3. The molecule has 1 aliphatic rings. The minimum atomic E-state index is -3.53. The van der Waals surface area contributed by atoms with Crippen LogP contribution in [0.3, 0.4) is 0 Å². The highest BCUT2D eigenvalue weighted by Crippen LogP contribution is 2.21. The van der Waals surface area contributed by atoms with Gasteiger partial charge in [0.1, 0.15) is 0 Å². The first kappa shape index (κ1) is 16.5. The molecule has 8 nitrogen and oxygen atoms in total. The van der Waals surface area contributed by atoms with E-state index in [2.05, 4.69) is 10.00 Å². The second kappa shape index (κ2) is 6.25. The molecule has 3 rings (SSSR count). The lowest BCUT2D eigenvalue weighted by molar-refractivity contribution is 0.100. The van der Waals surface area contributed by atoms with Crippen molar-refractivity contribution in [2.45, 2.75) is 5.03 Å². The highest BCUT2D eigenvalue weighted by Gasteiger charge is 2.30. The van der Waals surface area contributed by atoms with Crippen LogP contribution in [0.4, 0.5) is 5.69 Å². The smallest absolute Gasteiger partial charge is 0.260 e. The van der Waals surface area contributed by atoms with Crippen molar-refractivity contribution in [2.75, 3.05) is 31.1 Å². The molecule has 24 heavy (non-hydrogen) atoms. The summed E-state index contributed by atoms with van der Waals surface area (Å²) in [6.45, 7) is 1.94. The van der Waals surface area contributed by atoms with Gasteiger partial charge >= 0.3 is 0 Å². The normalized spacial score (nSPS) is 16.3. The van der Waals surface area contributed by atoms with Gasteiger partial charge in [0.15, 0.2) is 5.03 Å². The molecule has 1 aromatic heterocycles. The van der Waals surface area contributed by atoms with E-state index in [1.807, 2.05) is 12.1 Å². The number of anilines is 1. The van der Waals surface area contributed by atoms with Crippen molar-refractivity contribution in [3.63, 3.8) is 0 Å². The van der Waals surface area contributed by atoms with Crippen LogP contribution in [0.5, 0.6) is 0 Å². The number of nitrogens with two attached hydrogens (primary N) is 1. The zero-order valence-corrected chi connectivity index (χ0v) is 14.1. The molecule has 0 saturated carbocycles. The highest BCUT2D eigenvalue weighted by molar-refractivity contribution is 7.89. The van der Waals surface area contributed by atoms with Gasteiger partial charge < -0.3 is 10.6 Å². The molecule has 9 heteroatoms. The van der Waals surface area contributed by atoms with Gasteiger partial charge in [-0.1, -0.05) is 0 Å². The fourth-order valence-electron chi connectivity index (χ4n) is 2.77. The quantitative estimate of drug-likeness (QED) is 0.839. The summed E-state index contributed by atoms with van der Waals surface area (Å²) >= 11 is 0. The SMILES string of the molecule is Cn1nccc1S(=O)(=O)N1CCN(c2ccc(C(N)=O)cc2)CC1. The van der Waals surface area contributed by atoms with Gasteiger partial charge in [0, 0.05) is 44.5 Å². The lowest BCUT2D eigenvalue weighted by atomic mass is 10.2. The fourth-order valence-corrected chi connectivity index (χ4v) is 4.29. The Labute approximate surface area is 140 Å². The van der Waals surface area contributed by atoms with E-state index in [9.17, 15) is 13.2 Å². The average Bonchev–Trinajstić information content (AvgIpc) is 3.02. The molecule has 1 fully saturated rings. The number of rotatable bonds is 4. The third-order valence-electron chi connectivity index (χ3n) is 4.14. The van der Waals surface area contributed by atoms with E-state index in [1.165, 1.54) is 21.3 Å². The molecule has 1 amide bonds. The molecular formula is C15H19N5O3S. The van der Waals surface area contributed by atoms with Crippen LogP contribution in [-0.4, -0.2) is 54.6 Å². The van der Waals surface area contributed by atoms with Crippen LogP contribution in [-0.2, 0) is 17.1 Å². The van der Waals surface area contributed by atoms with Gasteiger partial charge in [-0.25, -0.2) is 8.42 Å². The van der Waals surface area contributed by atoms with Crippen molar-refractivity contribution in [3.8, 4) is 0 Å². The fraction of sp³-hybridized carbons (Fsp3) is 0.333. The van der Waals surface area contributed by atoms with E-state index in [4.69, 9.17) is 5.73 Å². The number of benzene rings is 1. The number of primary amides is 1. The third kappa shape index (κ3) is 3.00. The van der Waals surface area contributed by atoms with E-state index in [0.29, 0.717) is 31.7 Å². The number of nitrogens with zero attached hydrogens (tertiary/aromatic N) is 4. The Morgan fingerprint density at radius 1 is 1.08 bits per heavy atom. The Bertz CT molecular complexity index is 836. The largest absolute Gasteiger partial charge is 0.369 e. The van der Waals surface area contributed by atoms with Gasteiger partial charge in [-0.05, 0) is 30.3 Å². The van der Waals surface area contributed by atoms with Crippen LogP contribution in [0.2, 0.25) is 0 Å². The van der Waals surface area contributed by atoms with Crippen LogP contribution in [0, 0.1) is 0 Å². The maximum absolute atomic E-state index is 12.6. The second-order valence-corrected chi connectivity index (χ2v) is 7.48. The Kier molecular flexibility index (Phi) is 4.29. The lowest BCUT2D eigenvalue weighted by Crippen LogP contribution is -2.49. The molecule has 1 saturated heterocycles. The number of amides is 1. The maximum Gasteiger partial charge on any atom is 0.260 e. The summed E-state index contributed by atoms with van der Waals surface area (Å²) in [5.41, 5.74) is 6.63. The zero-order chi connectivity index (χ0) is 17.3. The van der Waals surface area contributed by atoms with Crippen LogP contribution >= 0.6 is 0 Å². The number of piperazine rings is 1. The molecule has 2 heterocycles. The summed E-state index contributed by atoms with van der Waals surface area (Å²) in [6, 6.07) is 8.51. The number of carbonyl (C=O) groups excluding carboxylic acids is 1. The number of aryl methyl sites for hydroxylation is 1. The Hall–Kier alpha value is -2.39. The van der Waals surface area contributed by atoms with E-state index >= 15 is 0 Å². The summed E-state index contributed by atoms with van der Waals surface area (Å²) in [5, 5.41) is 4.12. The molecule has 1 aliphatic heterocycles. The molecule has 0 bridgehead atoms. The summed E-state index contributed by atoms with van der Waals surface area (Å²) < 4.78 is 28.1. The minimum Gasteiger partial charge on any atom is -0.369 e. The molecule has 2 aromatic rings. The number of hydrogen-bond acceptors (Lipinski definition) is 5. The lowest BCUT2D eigenvalue weighted by Gasteiger charge is -2.35. The topological polar surface area (TPSA) is 102 Å². The number of hydrogen-bond donors (Lipinski definition) is 1. The van der Waals surface area contributed by atoms with Crippen LogP contribution in [0.25, 0.3) is 0 Å². The Morgan fingerprint density at radius 3 is 2.21 bits per heavy atom. The third-order valence-corrected chi connectivity index (χ3v) is 6.11. The highest BCUT2D eigenvalue weighted by atomic mass is 32.2. The van der Waals surface area contributed by atoms with Crippen LogP contribution in [0.15, 0.2) is 41.6 Å². The summed E-state index contributed by atoms with van der Waals surface area (Å²) in [5.74, 6) is -0.464. The molecule has 0 aliphatic carbocycles. The van der Waals surface area contributed by atoms with E-state index < -0.39 is 15.9 Å². The number of sulfonamides is 1. The van der Waals surface area contributed by atoms with Crippen molar-refractivity contribution in [3.05, 3.63) is 42.1 Å². The molecule has 0 radical (unpaired) electrons. The van der Waals surface area contributed by atoms with E-state index in [-0.39, 0.29) is 5.03 Å². The molecular weight excluding hydrogens is 330 g/mol.